The SMILES string of the molecule is CC1CN(c2ccc([N+](=O)[O-])cc2I)CC(C)N1. The minimum absolute atomic E-state index is 0.152. The van der Waals surface area contributed by atoms with Gasteiger partial charge in [0.05, 0.1) is 10.6 Å². The number of nitrogens with one attached hydrogen (secondary N) is 1. The van der Waals surface area contributed by atoms with Crippen molar-refractivity contribution in [3.8, 4) is 0 Å². The molecular weight excluding hydrogens is 345 g/mol. The molecule has 0 aliphatic carbocycles. The molecule has 0 amide bonds. The van der Waals surface area contributed by atoms with E-state index in [1.54, 1.807) is 12.1 Å². The number of non-ortho nitro benzene ring substituents is 1. The third-order valence-corrected chi connectivity index (χ3v) is 3.90. The molecule has 6 heteroatoms. The zero-order valence-electron chi connectivity index (χ0n) is 10.4. The predicted octanol–water partition coefficient (Wildman–Crippen LogP) is 2.39. The van der Waals surface area contributed by atoms with Crippen LogP contribution in [0.2, 0.25) is 0 Å². The summed E-state index contributed by atoms with van der Waals surface area (Å²) < 4.78 is 0.933. The Morgan fingerprint density at radius 2 is 2.00 bits per heavy atom. The minimum Gasteiger partial charge on any atom is -0.368 e. The van der Waals surface area contributed by atoms with Gasteiger partial charge in [-0.15, -0.1) is 0 Å². The molecule has 1 fully saturated rings. The molecule has 1 aromatic carbocycles. The molecule has 98 valence electrons. The Labute approximate surface area is 120 Å². The van der Waals surface area contributed by atoms with Gasteiger partial charge >= 0.3 is 0 Å². The summed E-state index contributed by atoms with van der Waals surface area (Å²) in [4.78, 5) is 12.7. The molecule has 1 heterocycles. The largest absolute Gasteiger partial charge is 0.368 e. The highest BCUT2D eigenvalue weighted by Crippen LogP contribution is 2.28. The molecule has 1 N–H and O–H groups in total. The van der Waals surface area contributed by atoms with Crippen molar-refractivity contribution in [1.29, 1.82) is 0 Å². The second-order valence-electron chi connectivity index (χ2n) is 4.77. The number of hydrogen-bond acceptors (Lipinski definition) is 4. The van der Waals surface area contributed by atoms with Crippen molar-refractivity contribution in [2.75, 3.05) is 18.0 Å². The quantitative estimate of drug-likeness (QED) is 0.499. The number of nitro benzene ring substituents is 1. The third kappa shape index (κ3) is 2.92. The van der Waals surface area contributed by atoms with Gasteiger partial charge in [0.1, 0.15) is 0 Å². The van der Waals surface area contributed by atoms with Crippen LogP contribution in [0.15, 0.2) is 18.2 Å². The number of piperazine rings is 1. The van der Waals surface area contributed by atoms with E-state index in [1.165, 1.54) is 0 Å². The minimum atomic E-state index is -0.352. The molecule has 2 unspecified atom stereocenters. The molecule has 0 aromatic heterocycles. The van der Waals surface area contributed by atoms with Gasteiger partial charge in [0.25, 0.3) is 5.69 Å². The molecule has 0 spiro atoms. The van der Waals surface area contributed by atoms with Crippen molar-refractivity contribution < 1.29 is 4.92 Å². The Bertz CT molecular complexity index is 457. The number of rotatable bonds is 2. The Morgan fingerprint density at radius 3 is 2.50 bits per heavy atom. The Hall–Kier alpha value is -0.890. The number of nitrogens with zero attached hydrogens (tertiary/aromatic N) is 2. The molecule has 0 saturated carbocycles. The van der Waals surface area contributed by atoms with Crippen LogP contribution in [0.1, 0.15) is 13.8 Å². The highest BCUT2D eigenvalue weighted by atomic mass is 127. The van der Waals surface area contributed by atoms with E-state index in [1.807, 2.05) is 6.07 Å². The predicted molar refractivity (Wildman–Crippen MR) is 80.1 cm³/mol. The normalized spacial score (nSPS) is 24.1. The summed E-state index contributed by atoms with van der Waals surface area (Å²) in [6.07, 6.45) is 0. The average Bonchev–Trinajstić information content (AvgIpc) is 2.27. The second-order valence-corrected chi connectivity index (χ2v) is 5.93. The van der Waals surface area contributed by atoms with Gasteiger partial charge in [-0.05, 0) is 42.5 Å². The fourth-order valence-electron chi connectivity index (χ4n) is 2.39. The first-order valence-electron chi connectivity index (χ1n) is 5.92. The summed E-state index contributed by atoms with van der Waals surface area (Å²) in [6, 6.07) is 5.92. The Morgan fingerprint density at radius 1 is 1.39 bits per heavy atom. The fraction of sp³-hybridized carbons (Fsp3) is 0.500. The molecule has 5 nitrogen and oxygen atoms in total. The Kier molecular flexibility index (Phi) is 4.06. The lowest BCUT2D eigenvalue weighted by molar-refractivity contribution is -0.384. The van der Waals surface area contributed by atoms with E-state index in [0.717, 1.165) is 22.3 Å². The molecule has 2 atom stereocenters. The van der Waals surface area contributed by atoms with Gasteiger partial charge in [-0.2, -0.15) is 0 Å². The maximum Gasteiger partial charge on any atom is 0.270 e. The monoisotopic (exact) mass is 361 g/mol. The molecule has 18 heavy (non-hydrogen) atoms. The van der Waals surface area contributed by atoms with Crippen molar-refractivity contribution in [2.45, 2.75) is 25.9 Å². The van der Waals surface area contributed by atoms with E-state index in [-0.39, 0.29) is 10.6 Å². The van der Waals surface area contributed by atoms with Gasteiger partial charge in [0.15, 0.2) is 0 Å². The van der Waals surface area contributed by atoms with Crippen molar-refractivity contribution in [1.82, 2.24) is 5.32 Å². The zero-order valence-corrected chi connectivity index (χ0v) is 12.5. The maximum atomic E-state index is 10.7. The van der Waals surface area contributed by atoms with E-state index in [4.69, 9.17) is 0 Å². The number of nitro groups is 1. The molecule has 1 aliphatic heterocycles. The van der Waals surface area contributed by atoms with Crippen molar-refractivity contribution in [3.05, 3.63) is 31.9 Å². The van der Waals surface area contributed by atoms with Gasteiger partial charge in [-0.3, -0.25) is 10.1 Å². The molecule has 2 rings (SSSR count). The van der Waals surface area contributed by atoms with Gasteiger partial charge in [0, 0.05) is 40.9 Å². The topological polar surface area (TPSA) is 58.4 Å². The molecule has 1 saturated heterocycles. The van der Waals surface area contributed by atoms with E-state index in [9.17, 15) is 10.1 Å². The van der Waals surface area contributed by atoms with Crippen molar-refractivity contribution in [2.24, 2.45) is 0 Å². The van der Waals surface area contributed by atoms with Crippen LogP contribution in [0.25, 0.3) is 0 Å². The van der Waals surface area contributed by atoms with Gasteiger partial charge in [-0.1, -0.05) is 0 Å². The molecule has 1 aromatic rings. The standard InChI is InChI=1S/C12H16IN3O2/c1-8-6-15(7-9(2)14-8)12-4-3-10(16(17)18)5-11(12)13/h3-5,8-9,14H,6-7H2,1-2H3. The first-order valence-corrected chi connectivity index (χ1v) is 7.00. The zero-order chi connectivity index (χ0) is 13.3. The lowest BCUT2D eigenvalue weighted by atomic mass is 10.1. The molecule has 0 bridgehead atoms. The molecule has 1 aliphatic rings. The lowest BCUT2D eigenvalue weighted by Gasteiger charge is -2.38. The van der Waals surface area contributed by atoms with Crippen LogP contribution >= 0.6 is 22.6 Å². The van der Waals surface area contributed by atoms with Crippen LogP contribution in [0, 0.1) is 13.7 Å². The highest BCUT2D eigenvalue weighted by Gasteiger charge is 2.23. The summed E-state index contributed by atoms with van der Waals surface area (Å²) in [6.45, 7) is 6.16. The summed E-state index contributed by atoms with van der Waals surface area (Å²) in [5.74, 6) is 0. The number of hydrogen-bond donors (Lipinski definition) is 1. The van der Waals surface area contributed by atoms with Crippen LogP contribution in [0.4, 0.5) is 11.4 Å². The number of benzene rings is 1. The number of anilines is 1. The van der Waals surface area contributed by atoms with Crippen molar-refractivity contribution >= 4 is 34.0 Å². The van der Waals surface area contributed by atoms with Gasteiger partial charge in [-0.25, -0.2) is 0 Å². The second kappa shape index (κ2) is 5.40. The van der Waals surface area contributed by atoms with Gasteiger partial charge < -0.3 is 10.2 Å². The van der Waals surface area contributed by atoms with Gasteiger partial charge in [0.2, 0.25) is 0 Å². The summed E-state index contributed by atoms with van der Waals surface area (Å²) in [5.41, 5.74) is 1.24. The van der Waals surface area contributed by atoms with E-state index in [2.05, 4.69) is 46.7 Å². The smallest absolute Gasteiger partial charge is 0.270 e. The fourth-order valence-corrected chi connectivity index (χ4v) is 3.23. The first kappa shape index (κ1) is 13.5. The van der Waals surface area contributed by atoms with E-state index >= 15 is 0 Å². The lowest BCUT2D eigenvalue weighted by Crippen LogP contribution is -2.54. The highest BCUT2D eigenvalue weighted by molar-refractivity contribution is 14.1. The van der Waals surface area contributed by atoms with Crippen molar-refractivity contribution in [3.63, 3.8) is 0 Å². The van der Waals surface area contributed by atoms with Crippen LogP contribution in [-0.4, -0.2) is 30.1 Å². The van der Waals surface area contributed by atoms with E-state index < -0.39 is 0 Å². The van der Waals surface area contributed by atoms with Crippen LogP contribution in [-0.2, 0) is 0 Å². The first-order chi connectivity index (χ1) is 8.47. The van der Waals surface area contributed by atoms with Crippen LogP contribution in [0.3, 0.4) is 0 Å². The van der Waals surface area contributed by atoms with Crippen LogP contribution in [0.5, 0.6) is 0 Å². The number of halogens is 1. The van der Waals surface area contributed by atoms with E-state index in [0.29, 0.717) is 12.1 Å². The third-order valence-electron chi connectivity index (χ3n) is 3.04. The Balaban J connectivity index is 2.25. The average molecular weight is 361 g/mol. The summed E-state index contributed by atoms with van der Waals surface area (Å²) in [5, 5.41) is 14.2. The van der Waals surface area contributed by atoms with Crippen LogP contribution < -0.4 is 10.2 Å². The summed E-state index contributed by atoms with van der Waals surface area (Å²) in [7, 11) is 0. The summed E-state index contributed by atoms with van der Waals surface area (Å²) >= 11 is 2.17. The molecule has 0 radical (unpaired) electrons. The molecular formula is C12H16IN3O2. The maximum absolute atomic E-state index is 10.7.